The van der Waals surface area contributed by atoms with Crippen LogP contribution in [0.25, 0.3) is 11.3 Å². The van der Waals surface area contributed by atoms with Gasteiger partial charge in [0.1, 0.15) is 11.1 Å². The van der Waals surface area contributed by atoms with Crippen LogP contribution in [0.2, 0.25) is 0 Å². The van der Waals surface area contributed by atoms with E-state index in [2.05, 4.69) is 21.4 Å². The number of nitriles is 1. The second-order valence-electron chi connectivity index (χ2n) is 6.18. The van der Waals surface area contributed by atoms with Gasteiger partial charge in [-0.2, -0.15) is 5.26 Å². The largest absolute Gasteiger partial charge is 0.378 e. The molecule has 0 spiro atoms. The number of pyridine rings is 2. The summed E-state index contributed by atoms with van der Waals surface area (Å²) in [6, 6.07) is 17.0. The number of nitrogens with one attached hydrogen (secondary N) is 1. The molecular formula is C21H19N5OS. The average Bonchev–Trinajstić information content (AvgIpc) is 2.73. The summed E-state index contributed by atoms with van der Waals surface area (Å²) in [5.41, 5.74) is 3.89. The van der Waals surface area contributed by atoms with Crippen molar-refractivity contribution in [1.29, 1.82) is 5.26 Å². The summed E-state index contributed by atoms with van der Waals surface area (Å²) in [6.07, 6.45) is 3.38. The van der Waals surface area contributed by atoms with Gasteiger partial charge in [0.2, 0.25) is 5.91 Å². The lowest BCUT2D eigenvalue weighted by Crippen LogP contribution is -2.14. The molecule has 2 heterocycles. The second-order valence-corrected chi connectivity index (χ2v) is 7.14. The van der Waals surface area contributed by atoms with E-state index in [1.54, 1.807) is 24.5 Å². The molecule has 0 saturated carbocycles. The van der Waals surface area contributed by atoms with E-state index in [1.807, 2.05) is 55.4 Å². The Morgan fingerprint density at radius 2 is 1.82 bits per heavy atom. The van der Waals surface area contributed by atoms with Gasteiger partial charge in [-0.25, -0.2) is 4.98 Å². The first kappa shape index (κ1) is 19.4. The highest BCUT2D eigenvalue weighted by molar-refractivity contribution is 8.00. The van der Waals surface area contributed by atoms with Crippen LogP contribution in [0.3, 0.4) is 0 Å². The molecule has 1 aromatic carbocycles. The molecule has 0 radical (unpaired) electrons. The number of hydrogen-bond acceptors (Lipinski definition) is 6. The van der Waals surface area contributed by atoms with Crippen molar-refractivity contribution in [3.8, 4) is 17.3 Å². The third-order valence-electron chi connectivity index (χ3n) is 3.96. The maximum Gasteiger partial charge on any atom is 0.234 e. The van der Waals surface area contributed by atoms with Gasteiger partial charge >= 0.3 is 0 Å². The minimum Gasteiger partial charge on any atom is -0.378 e. The first-order chi connectivity index (χ1) is 13.6. The van der Waals surface area contributed by atoms with Crippen molar-refractivity contribution in [2.75, 3.05) is 30.1 Å². The molecule has 7 heteroatoms. The SMILES string of the molecule is CN(C)c1ccc(NC(=O)CSc2nc(-c3ccncc3)ccc2C#N)cc1. The molecule has 0 aliphatic heterocycles. The minimum absolute atomic E-state index is 0.150. The standard InChI is InChI=1S/C21H19N5OS/c1-26(2)18-6-4-17(5-7-18)24-20(27)14-28-21-16(13-22)3-8-19(25-21)15-9-11-23-12-10-15/h3-12H,14H2,1-2H3,(H,24,27). The fraction of sp³-hybridized carbons (Fsp3) is 0.143. The lowest BCUT2D eigenvalue weighted by Gasteiger charge is -2.13. The van der Waals surface area contributed by atoms with E-state index in [9.17, 15) is 10.1 Å². The van der Waals surface area contributed by atoms with Crippen LogP contribution < -0.4 is 10.2 Å². The summed E-state index contributed by atoms with van der Waals surface area (Å²) in [6.45, 7) is 0. The molecule has 3 rings (SSSR count). The first-order valence-corrected chi connectivity index (χ1v) is 9.57. The van der Waals surface area contributed by atoms with E-state index in [0.29, 0.717) is 10.6 Å². The highest BCUT2D eigenvalue weighted by atomic mass is 32.2. The van der Waals surface area contributed by atoms with Crippen LogP contribution in [0.1, 0.15) is 5.56 Å². The van der Waals surface area contributed by atoms with Gasteiger partial charge in [-0.05, 0) is 48.5 Å². The number of benzene rings is 1. The number of anilines is 2. The zero-order chi connectivity index (χ0) is 19.9. The second kappa shape index (κ2) is 9.02. The van der Waals surface area contributed by atoms with Crippen molar-refractivity contribution in [2.24, 2.45) is 0 Å². The molecule has 0 aliphatic rings. The molecule has 0 fully saturated rings. The molecule has 1 N–H and O–H groups in total. The third kappa shape index (κ3) is 4.87. The Kier molecular flexibility index (Phi) is 6.25. The van der Waals surface area contributed by atoms with Crippen LogP contribution in [-0.4, -0.2) is 35.7 Å². The molecule has 1 amide bonds. The zero-order valence-corrected chi connectivity index (χ0v) is 16.4. The number of rotatable bonds is 6. The van der Waals surface area contributed by atoms with Gasteiger partial charge in [-0.3, -0.25) is 9.78 Å². The number of thioether (sulfide) groups is 1. The third-order valence-corrected chi connectivity index (χ3v) is 4.96. The van der Waals surface area contributed by atoms with Gasteiger partial charge in [0, 0.05) is 43.4 Å². The molecule has 140 valence electrons. The van der Waals surface area contributed by atoms with Crippen LogP contribution in [0.5, 0.6) is 0 Å². The predicted octanol–water partition coefficient (Wildman–Crippen LogP) is 3.81. The molecule has 0 unspecified atom stereocenters. The topological polar surface area (TPSA) is 81.9 Å². The fourth-order valence-corrected chi connectivity index (χ4v) is 3.26. The van der Waals surface area contributed by atoms with E-state index in [1.165, 1.54) is 11.8 Å². The van der Waals surface area contributed by atoms with Crippen molar-refractivity contribution in [3.05, 3.63) is 66.5 Å². The van der Waals surface area contributed by atoms with Gasteiger partial charge in [0.25, 0.3) is 0 Å². The minimum atomic E-state index is -0.150. The van der Waals surface area contributed by atoms with Gasteiger partial charge < -0.3 is 10.2 Å². The van der Waals surface area contributed by atoms with Crippen molar-refractivity contribution < 1.29 is 4.79 Å². The van der Waals surface area contributed by atoms with Crippen LogP contribution >= 0.6 is 11.8 Å². The number of carbonyl (C=O) groups excluding carboxylic acids is 1. The van der Waals surface area contributed by atoms with E-state index in [4.69, 9.17) is 0 Å². The number of aromatic nitrogens is 2. The smallest absolute Gasteiger partial charge is 0.234 e. The van der Waals surface area contributed by atoms with Gasteiger partial charge in [-0.1, -0.05) is 11.8 Å². The monoisotopic (exact) mass is 389 g/mol. The van der Waals surface area contributed by atoms with Crippen LogP contribution in [-0.2, 0) is 4.79 Å². The van der Waals surface area contributed by atoms with Gasteiger partial charge in [0.05, 0.1) is 17.0 Å². The number of amides is 1. The first-order valence-electron chi connectivity index (χ1n) is 8.58. The lowest BCUT2D eigenvalue weighted by atomic mass is 10.1. The molecule has 0 saturated heterocycles. The highest BCUT2D eigenvalue weighted by Gasteiger charge is 2.11. The average molecular weight is 389 g/mol. The quantitative estimate of drug-likeness (QED) is 0.646. The van der Waals surface area contributed by atoms with E-state index < -0.39 is 0 Å². The summed E-state index contributed by atoms with van der Waals surface area (Å²) < 4.78 is 0. The normalized spacial score (nSPS) is 10.2. The van der Waals surface area contributed by atoms with Crippen molar-refractivity contribution in [1.82, 2.24) is 9.97 Å². The Hall–Kier alpha value is -3.37. The Labute approximate surface area is 168 Å². The molecule has 0 atom stereocenters. The van der Waals surface area contributed by atoms with Crippen LogP contribution in [0.15, 0.2) is 66.0 Å². The van der Waals surface area contributed by atoms with Gasteiger partial charge in [0.15, 0.2) is 0 Å². The van der Waals surface area contributed by atoms with Crippen molar-refractivity contribution >= 4 is 29.0 Å². The maximum atomic E-state index is 12.3. The summed E-state index contributed by atoms with van der Waals surface area (Å²) in [7, 11) is 3.92. The molecule has 28 heavy (non-hydrogen) atoms. The number of carbonyl (C=O) groups is 1. The number of hydrogen-bond donors (Lipinski definition) is 1. The summed E-state index contributed by atoms with van der Waals surface area (Å²) in [5.74, 6) is 0.0132. The Bertz CT molecular complexity index is 998. The fourth-order valence-electron chi connectivity index (χ4n) is 2.49. The van der Waals surface area contributed by atoms with Gasteiger partial charge in [-0.15, -0.1) is 0 Å². The van der Waals surface area contributed by atoms with E-state index in [-0.39, 0.29) is 11.7 Å². The molecule has 2 aromatic heterocycles. The maximum absolute atomic E-state index is 12.3. The Balaban J connectivity index is 1.67. The van der Waals surface area contributed by atoms with E-state index >= 15 is 0 Å². The van der Waals surface area contributed by atoms with Crippen LogP contribution in [0, 0.1) is 11.3 Å². The van der Waals surface area contributed by atoms with E-state index in [0.717, 1.165) is 22.6 Å². The van der Waals surface area contributed by atoms with Crippen molar-refractivity contribution in [3.63, 3.8) is 0 Å². The molecule has 0 aliphatic carbocycles. The highest BCUT2D eigenvalue weighted by Crippen LogP contribution is 2.25. The molecule has 3 aromatic rings. The van der Waals surface area contributed by atoms with Crippen LogP contribution in [0.4, 0.5) is 11.4 Å². The Morgan fingerprint density at radius 3 is 2.46 bits per heavy atom. The van der Waals surface area contributed by atoms with Crippen molar-refractivity contribution in [2.45, 2.75) is 5.03 Å². The predicted molar refractivity (Wildman–Crippen MR) is 112 cm³/mol. The summed E-state index contributed by atoms with van der Waals surface area (Å²) >= 11 is 1.25. The molecule has 0 bridgehead atoms. The Morgan fingerprint density at radius 1 is 1.11 bits per heavy atom. The summed E-state index contributed by atoms with van der Waals surface area (Å²) in [4.78, 5) is 22.8. The molecule has 6 nitrogen and oxygen atoms in total. The zero-order valence-electron chi connectivity index (χ0n) is 15.6. The molecular weight excluding hydrogens is 370 g/mol. The lowest BCUT2D eigenvalue weighted by molar-refractivity contribution is -0.113. The number of nitrogens with zero attached hydrogens (tertiary/aromatic N) is 4. The summed E-state index contributed by atoms with van der Waals surface area (Å²) in [5, 5.41) is 12.7.